The van der Waals surface area contributed by atoms with Gasteiger partial charge in [-0.25, -0.2) is 9.67 Å². The molecule has 1 aromatic heterocycles. The fourth-order valence-corrected chi connectivity index (χ4v) is 2.50. The van der Waals surface area contributed by atoms with Crippen LogP contribution in [0.4, 0.5) is 13.2 Å². The Kier molecular flexibility index (Phi) is 4.50. The largest absolute Gasteiger partial charge is 0.401 e. The minimum atomic E-state index is -4.17. The third-order valence-corrected chi connectivity index (χ3v) is 3.40. The molecule has 0 spiro atoms. The zero-order valence-corrected chi connectivity index (χ0v) is 11.9. The monoisotopic (exact) mass is 305 g/mol. The van der Waals surface area contributed by atoms with Crippen LogP contribution < -0.4 is 5.32 Å². The predicted octanol–water partition coefficient (Wildman–Crippen LogP) is 0.738. The van der Waals surface area contributed by atoms with E-state index in [9.17, 15) is 18.0 Å². The molecule has 1 aliphatic heterocycles. The van der Waals surface area contributed by atoms with E-state index in [4.69, 9.17) is 0 Å². The maximum atomic E-state index is 12.3. The molecule has 0 bridgehead atoms. The predicted molar refractivity (Wildman–Crippen MR) is 68.7 cm³/mol. The quantitative estimate of drug-likeness (QED) is 0.891. The van der Waals surface area contributed by atoms with Crippen molar-refractivity contribution in [1.82, 2.24) is 25.0 Å². The van der Waals surface area contributed by atoms with Gasteiger partial charge in [0, 0.05) is 20.1 Å². The number of amides is 1. The molecule has 9 heteroatoms. The molecule has 0 radical (unpaired) electrons. The van der Waals surface area contributed by atoms with Gasteiger partial charge in [-0.2, -0.15) is 18.3 Å². The Morgan fingerprint density at radius 1 is 1.48 bits per heavy atom. The standard InChI is InChI=1S/C12H18F3N5O/c1-8-17-10(19(2)18-8)11(21)16-5-9-3-4-20(6-9)7-12(13,14)15/h9H,3-7H2,1-2H3,(H,16,21)/t9-/m1/s1. The topological polar surface area (TPSA) is 63.1 Å². The fraction of sp³-hybridized carbons (Fsp3) is 0.750. The van der Waals surface area contributed by atoms with Gasteiger partial charge in [0.2, 0.25) is 5.82 Å². The Balaban J connectivity index is 1.79. The van der Waals surface area contributed by atoms with E-state index in [-0.39, 0.29) is 17.6 Å². The van der Waals surface area contributed by atoms with Gasteiger partial charge in [-0.3, -0.25) is 9.69 Å². The van der Waals surface area contributed by atoms with Gasteiger partial charge < -0.3 is 5.32 Å². The zero-order chi connectivity index (χ0) is 15.6. The molecular weight excluding hydrogens is 287 g/mol. The Labute approximate surface area is 120 Å². The van der Waals surface area contributed by atoms with Crippen LogP contribution in [0.2, 0.25) is 0 Å². The van der Waals surface area contributed by atoms with E-state index >= 15 is 0 Å². The third kappa shape index (κ3) is 4.42. The van der Waals surface area contributed by atoms with Crippen molar-refractivity contribution in [3.63, 3.8) is 0 Å². The normalized spacial score (nSPS) is 20.0. The number of hydrogen-bond donors (Lipinski definition) is 1. The highest BCUT2D eigenvalue weighted by Crippen LogP contribution is 2.22. The molecule has 6 nitrogen and oxygen atoms in total. The molecule has 1 atom stereocenters. The van der Waals surface area contributed by atoms with E-state index in [0.717, 1.165) is 0 Å². The first-order valence-corrected chi connectivity index (χ1v) is 6.69. The molecule has 1 aromatic rings. The minimum absolute atomic E-state index is 0.0330. The van der Waals surface area contributed by atoms with Crippen LogP contribution in [-0.4, -0.2) is 57.9 Å². The van der Waals surface area contributed by atoms with Crippen LogP contribution in [0.5, 0.6) is 0 Å². The molecule has 0 saturated carbocycles. The molecule has 1 saturated heterocycles. The van der Waals surface area contributed by atoms with E-state index in [2.05, 4.69) is 15.4 Å². The van der Waals surface area contributed by atoms with Crippen LogP contribution >= 0.6 is 0 Å². The average Bonchev–Trinajstić information content (AvgIpc) is 2.91. The SMILES string of the molecule is Cc1nc(C(=O)NC[C@H]2CCN(CC(F)(F)F)C2)n(C)n1. The second-order valence-corrected chi connectivity index (χ2v) is 5.32. The summed E-state index contributed by atoms with van der Waals surface area (Å²) < 4.78 is 38.2. The number of carbonyl (C=O) groups is 1. The lowest BCUT2D eigenvalue weighted by atomic mass is 10.1. The summed E-state index contributed by atoms with van der Waals surface area (Å²) in [7, 11) is 1.62. The van der Waals surface area contributed by atoms with Crippen molar-refractivity contribution in [3.8, 4) is 0 Å². The van der Waals surface area contributed by atoms with Crippen LogP contribution in [-0.2, 0) is 7.05 Å². The number of nitrogens with one attached hydrogen (secondary N) is 1. The summed E-state index contributed by atoms with van der Waals surface area (Å²) >= 11 is 0. The second-order valence-electron chi connectivity index (χ2n) is 5.32. The van der Waals surface area contributed by atoms with Gasteiger partial charge >= 0.3 is 6.18 Å². The minimum Gasteiger partial charge on any atom is -0.349 e. The van der Waals surface area contributed by atoms with Gasteiger partial charge in [0.1, 0.15) is 5.82 Å². The second kappa shape index (κ2) is 6.00. The molecule has 1 fully saturated rings. The number of hydrogen-bond acceptors (Lipinski definition) is 4. The van der Waals surface area contributed by atoms with Crippen LogP contribution in [0.3, 0.4) is 0 Å². The van der Waals surface area contributed by atoms with Crippen LogP contribution in [0, 0.1) is 12.8 Å². The van der Waals surface area contributed by atoms with E-state index in [1.54, 1.807) is 14.0 Å². The number of likely N-dealkylation sites (tertiary alicyclic amines) is 1. The van der Waals surface area contributed by atoms with Gasteiger partial charge in [0.05, 0.1) is 6.54 Å². The molecule has 1 amide bonds. The highest BCUT2D eigenvalue weighted by atomic mass is 19.4. The van der Waals surface area contributed by atoms with Crippen molar-refractivity contribution in [2.75, 3.05) is 26.2 Å². The third-order valence-electron chi connectivity index (χ3n) is 3.40. The summed E-state index contributed by atoms with van der Waals surface area (Å²) in [4.78, 5) is 17.3. The molecule has 0 aromatic carbocycles. The van der Waals surface area contributed by atoms with Crippen LogP contribution in [0.15, 0.2) is 0 Å². The zero-order valence-electron chi connectivity index (χ0n) is 11.9. The average molecular weight is 305 g/mol. The lowest BCUT2D eigenvalue weighted by Gasteiger charge is -2.17. The Morgan fingerprint density at radius 2 is 2.19 bits per heavy atom. The molecule has 1 aliphatic rings. The summed E-state index contributed by atoms with van der Waals surface area (Å²) in [5, 5.41) is 6.68. The molecule has 118 valence electrons. The maximum absolute atomic E-state index is 12.3. The molecule has 2 rings (SSSR count). The lowest BCUT2D eigenvalue weighted by Crippen LogP contribution is -2.35. The van der Waals surface area contributed by atoms with Crippen molar-refractivity contribution < 1.29 is 18.0 Å². The van der Waals surface area contributed by atoms with E-state index in [1.165, 1.54) is 9.58 Å². The first-order valence-electron chi connectivity index (χ1n) is 6.69. The summed E-state index contributed by atoms with van der Waals surface area (Å²) in [6.07, 6.45) is -3.53. The first-order chi connectivity index (χ1) is 9.74. The number of rotatable bonds is 4. The van der Waals surface area contributed by atoms with E-state index in [0.29, 0.717) is 31.9 Å². The van der Waals surface area contributed by atoms with Gasteiger partial charge in [-0.15, -0.1) is 0 Å². The molecule has 0 unspecified atom stereocenters. The van der Waals surface area contributed by atoms with E-state index in [1.807, 2.05) is 0 Å². The number of alkyl halides is 3. The molecule has 2 heterocycles. The molecule has 1 N–H and O–H groups in total. The number of aryl methyl sites for hydroxylation is 2. The lowest BCUT2D eigenvalue weighted by molar-refractivity contribution is -0.143. The van der Waals surface area contributed by atoms with Gasteiger partial charge in [-0.05, 0) is 25.8 Å². The number of aromatic nitrogens is 3. The van der Waals surface area contributed by atoms with Gasteiger partial charge in [0.15, 0.2) is 0 Å². The van der Waals surface area contributed by atoms with Crippen LogP contribution in [0.25, 0.3) is 0 Å². The Bertz CT molecular complexity index is 513. The molecule has 0 aliphatic carbocycles. The smallest absolute Gasteiger partial charge is 0.349 e. The summed E-state index contributed by atoms with van der Waals surface area (Å²) in [6, 6.07) is 0. The maximum Gasteiger partial charge on any atom is 0.401 e. The first kappa shape index (κ1) is 15.7. The van der Waals surface area contributed by atoms with Crippen molar-refractivity contribution in [1.29, 1.82) is 0 Å². The van der Waals surface area contributed by atoms with Gasteiger partial charge in [-0.1, -0.05) is 0 Å². The number of nitrogens with zero attached hydrogens (tertiary/aromatic N) is 4. The summed E-state index contributed by atoms with van der Waals surface area (Å²) in [6.45, 7) is 1.89. The Morgan fingerprint density at radius 3 is 2.76 bits per heavy atom. The molecule has 21 heavy (non-hydrogen) atoms. The highest BCUT2D eigenvalue weighted by Gasteiger charge is 2.34. The van der Waals surface area contributed by atoms with Gasteiger partial charge in [0.25, 0.3) is 5.91 Å². The summed E-state index contributed by atoms with van der Waals surface area (Å²) in [5.74, 6) is 0.385. The summed E-state index contributed by atoms with van der Waals surface area (Å²) in [5.41, 5.74) is 0. The molecular formula is C12H18F3N5O. The number of carbonyl (C=O) groups excluding carboxylic acids is 1. The van der Waals surface area contributed by atoms with Crippen molar-refractivity contribution in [2.24, 2.45) is 13.0 Å². The van der Waals surface area contributed by atoms with Crippen molar-refractivity contribution >= 4 is 5.91 Å². The Hall–Kier alpha value is -1.64. The van der Waals surface area contributed by atoms with E-state index < -0.39 is 12.7 Å². The van der Waals surface area contributed by atoms with Crippen molar-refractivity contribution in [3.05, 3.63) is 11.6 Å². The van der Waals surface area contributed by atoms with Crippen molar-refractivity contribution in [2.45, 2.75) is 19.5 Å². The highest BCUT2D eigenvalue weighted by molar-refractivity contribution is 5.90. The van der Waals surface area contributed by atoms with Crippen LogP contribution in [0.1, 0.15) is 22.9 Å². The fourth-order valence-electron chi connectivity index (χ4n) is 2.50. The number of halogens is 3.